The molecular formula is C16H17N3. The van der Waals surface area contributed by atoms with Crippen molar-refractivity contribution in [1.82, 2.24) is 9.97 Å². The number of hydrogen-bond donors (Lipinski definition) is 1. The maximum atomic E-state index is 4.37. The van der Waals surface area contributed by atoms with Crippen LogP contribution in [0.4, 0.5) is 5.82 Å². The minimum Gasteiger partial charge on any atom is -0.365 e. The quantitative estimate of drug-likeness (QED) is 0.852. The van der Waals surface area contributed by atoms with Crippen LogP contribution < -0.4 is 5.32 Å². The first kappa shape index (κ1) is 13.1. The molecule has 2 aromatic rings. The first-order chi connectivity index (χ1) is 9.19. The van der Waals surface area contributed by atoms with E-state index in [9.17, 15) is 0 Å². The Bertz CT molecular complexity index is 636. The van der Waals surface area contributed by atoms with Crippen molar-refractivity contribution >= 4 is 5.82 Å². The lowest BCUT2D eigenvalue weighted by Gasteiger charge is -2.07. The number of nitrogens with zero attached hydrogens (tertiary/aromatic N) is 2. The van der Waals surface area contributed by atoms with Crippen LogP contribution in [0.25, 0.3) is 0 Å². The highest BCUT2D eigenvalue weighted by Gasteiger charge is 1.99. The lowest BCUT2D eigenvalue weighted by molar-refractivity contribution is 1.07. The van der Waals surface area contributed by atoms with E-state index in [1.165, 1.54) is 16.7 Å². The second-order valence-corrected chi connectivity index (χ2v) is 4.44. The number of rotatable bonds is 3. The van der Waals surface area contributed by atoms with Crippen LogP contribution in [0.1, 0.15) is 29.3 Å². The van der Waals surface area contributed by atoms with Gasteiger partial charge in [-0.3, -0.25) is 4.98 Å². The second kappa shape index (κ2) is 6.01. The highest BCUT2D eigenvalue weighted by molar-refractivity contribution is 5.38. The molecule has 0 aliphatic rings. The van der Waals surface area contributed by atoms with E-state index in [4.69, 9.17) is 0 Å². The van der Waals surface area contributed by atoms with Crippen LogP contribution in [0, 0.1) is 25.7 Å². The average molecular weight is 251 g/mol. The number of hydrogen-bond acceptors (Lipinski definition) is 3. The van der Waals surface area contributed by atoms with Gasteiger partial charge in [0.25, 0.3) is 0 Å². The lowest BCUT2D eigenvalue weighted by Crippen LogP contribution is -2.03. The Hall–Kier alpha value is -2.34. The van der Waals surface area contributed by atoms with Gasteiger partial charge in [0.1, 0.15) is 11.5 Å². The van der Waals surface area contributed by atoms with E-state index < -0.39 is 0 Å². The smallest absolute Gasteiger partial charge is 0.146 e. The van der Waals surface area contributed by atoms with Crippen molar-refractivity contribution in [2.24, 2.45) is 0 Å². The van der Waals surface area contributed by atoms with E-state index in [1.54, 1.807) is 19.3 Å². The Balaban J connectivity index is 2.07. The summed E-state index contributed by atoms with van der Waals surface area (Å²) in [6, 6.07) is 6.45. The fraction of sp³-hybridized carbons (Fsp3) is 0.250. The van der Waals surface area contributed by atoms with Gasteiger partial charge in [-0.05, 0) is 43.4 Å². The van der Waals surface area contributed by atoms with Crippen molar-refractivity contribution < 1.29 is 0 Å². The first-order valence-corrected chi connectivity index (χ1v) is 6.24. The van der Waals surface area contributed by atoms with E-state index in [0.717, 1.165) is 12.4 Å². The van der Waals surface area contributed by atoms with Crippen molar-refractivity contribution in [3.8, 4) is 11.8 Å². The number of nitrogens with one attached hydrogen (secondary N) is 1. The highest BCUT2D eigenvalue weighted by Crippen LogP contribution is 2.11. The molecule has 1 N–H and O–H groups in total. The molecule has 0 spiro atoms. The van der Waals surface area contributed by atoms with Crippen molar-refractivity contribution in [3.63, 3.8) is 0 Å². The van der Waals surface area contributed by atoms with E-state index in [2.05, 4.69) is 59.2 Å². The summed E-state index contributed by atoms with van der Waals surface area (Å²) in [4.78, 5) is 8.49. The molecule has 1 heterocycles. The van der Waals surface area contributed by atoms with Crippen LogP contribution >= 0.6 is 0 Å². The highest BCUT2D eigenvalue weighted by atomic mass is 15.0. The van der Waals surface area contributed by atoms with Gasteiger partial charge in [-0.2, -0.15) is 0 Å². The van der Waals surface area contributed by atoms with Crippen LogP contribution in [-0.4, -0.2) is 9.97 Å². The monoisotopic (exact) mass is 251 g/mol. The molecule has 3 heteroatoms. The Morgan fingerprint density at radius 3 is 2.74 bits per heavy atom. The van der Waals surface area contributed by atoms with Gasteiger partial charge in [-0.1, -0.05) is 24.1 Å². The van der Waals surface area contributed by atoms with Crippen molar-refractivity contribution in [1.29, 1.82) is 0 Å². The molecule has 1 aromatic heterocycles. The summed E-state index contributed by atoms with van der Waals surface area (Å²) in [6.45, 7) is 6.76. The summed E-state index contributed by atoms with van der Waals surface area (Å²) < 4.78 is 0. The topological polar surface area (TPSA) is 37.8 Å². The summed E-state index contributed by atoms with van der Waals surface area (Å²) >= 11 is 0. The Labute approximate surface area is 114 Å². The van der Waals surface area contributed by atoms with Gasteiger partial charge in [0.2, 0.25) is 0 Å². The molecule has 0 radical (unpaired) electrons. The predicted octanol–water partition coefficient (Wildman–Crippen LogP) is 3.08. The van der Waals surface area contributed by atoms with E-state index in [0.29, 0.717) is 5.69 Å². The second-order valence-electron chi connectivity index (χ2n) is 4.44. The third-order valence-corrected chi connectivity index (χ3v) is 2.93. The summed E-state index contributed by atoms with van der Waals surface area (Å²) in [6.07, 6.45) is 3.37. The molecule has 0 aliphatic heterocycles. The molecule has 1 aromatic carbocycles. The van der Waals surface area contributed by atoms with Crippen LogP contribution in [0.15, 0.2) is 30.6 Å². The minimum atomic E-state index is 0.688. The number of benzene rings is 1. The normalized spacial score (nSPS) is 9.63. The van der Waals surface area contributed by atoms with Crippen LogP contribution in [0.3, 0.4) is 0 Å². The number of anilines is 1. The molecule has 19 heavy (non-hydrogen) atoms. The SMILES string of the molecule is CC#Cc1cncc(NCc2ccc(C)c(C)c2)n1. The first-order valence-electron chi connectivity index (χ1n) is 6.24. The average Bonchev–Trinajstić information content (AvgIpc) is 2.41. The molecule has 0 fully saturated rings. The van der Waals surface area contributed by atoms with Gasteiger partial charge in [0, 0.05) is 6.54 Å². The third-order valence-electron chi connectivity index (χ3n) is 2.93. The fourth-order valence-corrected chi connectivity index (χ4v) is 1.75. The van der Waals surface area contributed by atoms with Crippen molar-refractivity contribution in [2.75, 3.05) is 5.32 Å². The lowest BCUT2D eigenvalue weighted by atomic mass is 10.1. The molecule has 2 rings (SSSR count). The Morgan fingerprint density at radius 2 is 2.00 bits per heavy atom. The summed E-state index contributed by atoms with van der Waals surface area (Å²) in [5.74, 6) is 6.47. The van der Waals surface area contributed by atoms with Gasteiger partial charge in [0.15, 0.2) is 0 Å². The van der Waals surface area contributed by atoms with Crippen LogP contribution in [0.2, 0.25) is 0 Å². The molecular weight excluding hydrogens is 234 g/mol. The van der Waals surface area contributed by atoms with E-state index in [-0.39, 0.29) is 0 Å². The standard InChI is InChI=1S/C16H17N3/c1-4-5-15-10-17-11-16(19-15)18-9-14-7-6-12(2)13(3)8-14/h6-8,10-11H,9H2,1-3H3,(H,18,19). The summed E-state index contributed by atoms with van der Waals surface area (Å²) in [5, 5.41) is 3.27. The molecule has 0 aliphatic carbocycles. The molecule has 0 amide bonds. The predicted molar refractivity (Wildman–Crippen MR) is 77.8 cm³/mol. The maximum absolute atomic E-state index is 4.37. The molecule has 96 valence electrons. The summed E-state index contributed by atoms with van der Waals surface area (Å²) in [5.41, 5.74) is 4.53. The van der Waals surface area contributed by atoms with Gasteiger partial charge >= 0.3 is 0 Å². The minimum absolute atomic E-state index is 0.688. The Kier molecular flexibility index (Phi) is 4.15. The Morgan fingerprint density at radius 1 is 1.16 bits per heavy atom. The molecule has 0 saturated carbocycles. The fourth-order valence-electron chi connectivity index (χ4n) is 1.75. The van der Waals surface area contributed by atoms with Gasteiger partial charge in [0.05, 0.1) is 12.4 Å². The van der Waals surface area contributed by atoms with Crippen molar-refractivity contribution in [2.45, 2.75) is 27.3 Å². The molecule has 3 nitrogen and oxygen atoms in total. The zero-order valence-corrected chi connectivity index (χ0v) is 11.5. The third kappa shape index (κ3) is 3.56. The van der Waals surface area contributed by atoms with Crippen molar-refractivity contribution in [3.05, 3.63) is 53.0 Å². The van der Waals surface area contributed by atoms with Gasteiger partial charge in [-0.25, -0.2) is 4.98 Å². The zero-order valence-electron chi connectivity index (χ0n) is 11.5. The van der Waals surface area contributed by atoms with Gasteiger partial charge in [-0.15, -0.1) is 0 Å². The largest absolute Gasteiger partial charge is 0.365 e. The van der Waals surface area contributed by atoms with E-state index in [1.807, 2.05) is 0 Å². The zero-order chi connectivity index (χ0) is 13.7. The number of aryl methyl sites for hydroxylation is 2. The van der Waals surface area contributed by atoms with Gasteiger partial charge < -0.3 is 5.32 Å². The number of aromatic nitrogens is 2. The van der Waals surface area contributed by atoms with Crippen LogP contribution in [-0.2, 0) is 6.54 Å². The molecule has 0 atom stereocenters. The molecule has 0 saturated heterocycles. The summed E-state index contributed by atoms with van der Waals surface area (Å²) in [7, 11) is 0. The molecule has 0 unspecified atom stereocenters. The maximum Gasteiger partial charge on any atom is 0.146 e. The van der Waals surface area contributed by atoms with E-state index >= 15 is 0 Å². The molecule has 0 bridgehead atoms. The van der Waals surface area contributed by atoms with Crippen LogP contribution in [0.5, 0.6) is 0 Å².